The van der Waals surface area contributed by atoms with Gasteiger partial charge in [-0.2, -0.15) is 0 Å². The van der Waals surface area contributed by atoms with Crippen LogP contribution in [0.2, 0.25) is 0 Å². The van der Waals surface area contributed by atoms with E-state index in [0.29, 0.717) is 0 Å². The molecule has 2 heterocycles. The van der Waals surface area contributed by atoms with Gasteiger partial charge in [-0.3, -0.25) is 0 Å². The number of aromatic nitrogens is 4. The minimum atomic E-state index is 0.752. The van der Waals surface area contributed by atoms with Crippen molar-refractivity contribution in [3.05, 3.63) is 53.0 Å². The molecule has 3 rings (SSSR count). The van der Waals surface area contributed by atoms with Crippen molar-refractivity contribution in [3.8, 4) is 0 Å². The summed E-state index contributed by atoms with van der Waals surface area (Å²) in [5, 5.41) is 11.5. The first-order valence-corrected chi connectivity index (χ1v) is 6.34. The summed E-state index contributed by atoms with van der Waals surface area (Å²) in [5.41, 5.74) is 3.80. The molecule has 19 heavy (non-hydrogen) atoms. The number of hydrogen-bond donors (Lipinski definition) is 1. The molecule has 0 saturated carbocycles. The van der Waals surface area contributed by atoms with Gasteiger partial charge in [0.25, 0.3) is 0 Å². The van der Waals surface area contributed by atoms with Crippen LogP contribution in [-0.2, 0) is 13.0 Å². The Bertz CT molecular complexity index is 693. The van der Waals surface area contributed by atoms with Crippen LogP contribution in [0, 0.1) is 19.1 Å². The number of H-pyrrole nitrogens is 1. The van der Waals surface area contributed by atoms with Crippen molar-refractivity contribution in [3.63, 3.8) is 0 Å². The van der Waals surface area contributed by atoms with E-state index in [1.807, 2.05) is 42.7 Å². The second-order valence-electron chi connectivity index (χ2n) is 4.76. The molecule has 0 aliphatic heterocycles. The van der Waals surface area contributed by atoms with Crippen molar-refractivity contribution < 1.29 is 4.73 Å². The molecule has 2 aromatic heterocycles. The fourth-order valence-corrected chi connectivity index (χ4v) is 2.24. The van der Waals surface area contributed by atoms with Crippen LogP contribution in [0.5, 0.6) is 0 Å². The quantitative estimate of drug-likeness (QED) is 0.574. The molecule has 0 unspecified atom stereocenters. The molecule has 0 aliphatic carbocycles. The number of aryl methyl sites for hydroxylation is 2. The maximum atomic E-state index is 11.5. The summed E-state index contributed by atoms with van der Waals surface area (Å²) in [7, 11) is 0. The van der Waals surface area contributed by atoms with Crippen molar-refractivity contribution in [2.24, 2.45) is 0 Å². The molecular formula is C14H16N4O. The number of rotatable bonds is 3. The maximum Gasteiger partial charge on any atom is 0.247 e. The molecule has 0 atom stereocenters. The first-order chi connectivity index (χ1) is 9.15. The van der Waals surface area contributed by atoms with Crippen LogP contribution in [0.25, 0.3) is 11.0 Å². The van der Waals surface area contributed by atoms with Gasteiger partial charge in [0, 0.05) is 20.3 Å². The van der Waals surface area contributed by atoms with Crippen molar-refractivity contribution >= 4 is 11.0 Å². The highest BCUT2D eigenvalue weighted by atomic mass is 16.5. The number of para-hydroxylation sites is 2. The van der Waals surface area contributed by atoms with Crippen LogP contribution < -0.4 is 4.73 Å². The third-order valence-electron chi connectivity index (χ3n) is 3.56. The fraction of sp³-hybridized carbons (Fsp3) is 0.286. The lowest BCUT2D eigenvalue weighted by molar-refractivity contribution is -0.611. The van der Waals surface area contributed by atoms with E-state index < -0.39 is 0 Å². The second kappa shape index (κ2) is 4.42. The molecule has 0 aliphatic rings. The number of aromatic amines is 1. The van der Waals surface area contributed by atoms with E-state index in [2.05, 4.69) is 9.97 Å². The zero-order valence-electron chi connectivity index (χ0n) is 11.1. The molecule has 3 aromatic rings. The molecule has 98 valence electrons. The molecule has 5 nitrogen and oxygen atoms in total. The largest absolute Gasteiger partial charge is 0.711 e. The molecule has 0 amide bonds. The van der Waals surface area contributed by atoms with Gasteiger partial charge in [0.15, 0.2) is 0 Å². The standard InChI is InChI=1S/C14H16N4O/c1-10-11(2)18(19)9-17(10)8-7-14-15-12-5-3-4-6-13(12)16-14/h3-6,9H,7-8H2,1-2H3,(H,15,16). The van der Waals surface area contributed by atoms with Gasteiger partial charge in [-0.15, -0.1) is 0 Å². The lowest BCUT2D eigenvalue weighted by atomic mass is 10.3. The summed E-state index contributed by atoms with van der Waals surface area (Å²) in [4.78, 5) is 7.83. The number of nitrogens with zero attached hydrogens (tertiary/aromatic N) is 3. The topological polar surface area (TPSA) is 60.5 Å². The van der Waals surface area contributed by atoms with E-state index in [1.165, 1.54) is 0 Å². The fourth-order valence-electron chi connectivity index (χ4n) is 2.24. The SMILES string of the molecule is Cc1c(C)[n+]([O-])cn1CCc1nc2ccccc2[nH]1. The average Bonchev–Trinajstić information content (AvgIpc) is 2.93. The van der Waals surface area contributed by atoms with Crippen LogP contribution in [-0.4, -0.2) is 14.5 Å². The smallest absolute Gasteiger partial charge is 0.247 e. The number of benzene rings is 1. The number of hydrogen-bond acceptors (Lipinski definition) is 2. The van der Waals surface area contributed by atoms with E-state index in [4.69, 9.17) is 0 Å². The Morgan fingerprint density at radius 2 is 2.11 bits per heavy atom. The summed E-state index contributed by atoms with van der Waals surface area (Å²) in [6.07, 6.45) is 2.37. The molecule has 0 saturated heterocycles. The van der Waals surface area contributed by atoms with Crippen LogP contribution in [0.3, 0.4) is 0 Å². The Kier molecular flexibility index (Phi) is 2.74. The normalized spacial score (nSPS) is 11.3. The Hall–Kier alpha value is -2.30. The number of imidazole rings is 2. The van der Waals surface area contributed by atoms with Crippen LogP contribution >= 0.6 is 0 Å². The Morgan fingerprint density at radius 3 is 2.79 bits per heavy atom. The monoisotopic (exact) mass is 256 g/mol. The van der Waals surface area contributed by atoms with Crippen molar-refractivity contribution in [2.45, 2.75) is 26.8 Å². The predicted octanol–water partition coefficient (Wildman–Crippen LogP) is 1.86. The molecule has 1 aromatic carbocycles. The van der Waals surface area contributed by atoms with Crippen molar-refractivity contribution in [1.82, 2.24) is 14.5 Å². The van der Waals surface area contributed by atoms with E-state index in [1.54, 1.807) is 6.33 Å². The summed E-state index contributed by atoms with van der Waals surface area (Å²) < 4.78 is 2.88. The van der Waals surface area contributed by atoms with Crippen molar-refractivity contribution in [1.29, 1.82) is 0 Å². The molecule has 0 fully saturated rings. The molecule has 5 heteroatoms. The third kappa shape index (κ3) is 2.07. The molecule has 0 spiro atoms. The van der Waals surface area contributed by atoms with E-state index >= 15 is 0 Å². The summed E-state index contributed by atoms with van der Waals surface area (Å²) in [6.45, 7) is 4.55. The minimum Gasteiger partial charge on any atom is -0.711 e. The number of nitrogens with one attached hydrogen (secondary N) is 1. The lowest BCUT2D eigenvalue weighted by Gasteiger charge is -1.96. The summed E-state index contributed by atoms with van der Waals surface area (Å²) in [5.74, 6) is 0.949. The van der Waals surface area contributed by atoms with Gasteiger partial charge >= 0.3 is 0 Å². The third-order valence-corrected chi connectivity index (χ3v) is 3.56. The van der Waals surface area contributed by atoms with Crippen molar-refractivity contribution in [2.75, 3.05) is 0 Å². The molecule has 0 radical (unpaired) electrons. The Labute approximate surface area is 111 Å². The zero-order valence-corrected chi connectivity index (χ0v) is 11.1. The zero-order chi connectivity index (χ0) is 13.4. The second-order valence-corrected chi connectivity index (χ2v) is 4.76. The predicted molar refractivity (Wildman–Crippen MR) is 72.7 cm³/mol. The van der Waals surface area contributed by atoms with E-state index in [0.717, 1.165) is 45.9 Å². The van der Waals surface area contributed by atoms with Gasteiger partial charge in [-0.25, -0.2) is 14.3 Å². The highest BCUT2D eigenvalue weighted by molar-refractivity contribution is 5.74. The van der Waals surface area contributed by atoms with E-state index in [-0.39, 0.29) is 0 Å². The minimum absolute atomic E-state index is 0.752. The molecule has 0 bridgehead atoms. The Balaban J connectivity index is 1.80. The van der Waals surface area contributed by atoms with Gasteiger partial charge in [-0.05, 0) is 12.1 Å². The lowest BCUT2D eigenvalue weighted by Crippen LogP contribution is -2.26. The van der Waals surface area contributed by atoms with Crippen LogP contribution in [0.1, 0.15) is 17.2 Å². The van der Waals surface area contributed by atoms with Crippen LogP contribution in [0.15, 0.2) is 30.6 Å². The van der Waals surface area contributed by atoms with Gasteiger partial charge < -0.3 is 10.2 Å². The van der Waals surface area contributed by atoms with Gasteiger partial charge in [0.2, 0.25) is 6.33 Å². The average molecular weight is 256 g/mol. The first kappa shape index (κ1) is 11.8. The van der Waals surface area contributed by atoms with Crippen LogP contribution in [0.4, 0.5) is 0 Å². The van der Waals surface area contributed by atoms with Gasteiger partial charge in [-0.1, -0.05) is 12.1 Å². The summed E-state index contributed by atoms with van der Waals surface area (Å²) >= 11 is 0. The highest BCUT2D eigenvalue weighted by Gasteiger charge is 2.12. The first-order valence-electron chi connectivity index (χ1n) is 6.34. The summed E-state index contributed by atoms with van der Waals surface area (Å²) in [6, 6.07) is 7.98. The maximum absolute atomic E-state index is 11.5. The van der Waals surface area contributed by atoms with Gasteiger partial charge in [0.1, 0.15) is 17.2 Å². The molecular weight excluding hydrogens is 240 g/mol. The van der Waals surface area contributed by atoms with Gasteiger partial charge in [0.05, 0.1) is 17.6 Å². The van der Waals surface area contributed by atoms with E-state index in [9.17, 15) is 5.21 Å². The Morgan fingerprint density at radius 1 is 1.32 bits per heavy atom. The molecule has 1 N–H and O–H groups in total. The number of fused-ring (bicyclic) bond motifs is 1. The highest BCUT2D eigenvalue weighted by Crippen LogP contribution is 2.11.